The number of carbonyl (C=O) groups excluding carboxylic acids is 2. The fourth-order valence-electron chi connectivity index (χ4n) is 4.04. The molecular weight excluding hydrogens is 379 g/mol. The molecule has 0 saturated heterocycles. The molecular formula is C25H31FN2O2. The summed E-state index contributed by atoms with van der Waals surface area (Å²) in [6, 6.07) is 11.9. The van der Waals surface area contributed by atoms with Crippen LogP contribution in [0.4, 0.5) is 4.39 Å². The second kappa shape index (κ2) is 9.88. The minimum atomic E-state index is -0.678. The third kappa shape index (κ3) is 5.47. The minimum absolute atomic E-state index is 0.0651. The molecule has 2 aromatic carbocycles. The summed E-state index contributed by atoms with van der Waals surface area (Å²) >= 11 is 0. The van der Waals surface area contributed by atoms with Crippen LogP contribution in [0.2, 0.25) is 0 Å². The first kappa shape index (κ1) is 22.0. The number of halogens is 1. The molecule has 0 unspecified atom stereocenters. The van der Waals surface area contributed by atoms with Crippen molar-refractivity contribution >= 4 is 11.8 Å². The maximum absolute atomic E-state index is 14.3. The van der Waals surface area contributed by atoms with Gasteiger partial charge in [0.25, 0.3) is 0 Å². The normalized spacial score (nSPS) is 15.1. The van der Waals surface area contributed by atoms with Crippen molar-refractivity contribution in [3.8, 4) is 0 Å². The molecule has 0 radical (unpaired) electrons. The highest BCUT2D eigenvalue weighted by Crippen LogP contribution is 2.20. The highest BCUT2D eigenvalue weighted by molar-refractivity contribution is 5.88. The Bertz CT molecular complexity index is 906. The molecule has 2 aromatic rings. The summed E-state index contributed by atoms with van der Waals surface area (Å²) in [6.07, 6.45) is 4.36. The molecule has 1 N–H and O–H groups in total. The summed E-state index contributed by atoms with van der Waals surface area (Å²) in [7, 11) is 0. The van der Waals surface area contributed by atoms with Crippen LogP contribution in [-0.4, -0.2) is 28.8 Å². The van der Waals surface area contributed by atoms with Gasteiger partial charge in [-0.3, -0.25) is 9.59 Å². The maximum Gasteiger partial charge on any atom is 0.242 e. The highest BCUT2D eigenvalue weighted by atomic mass is 19.1. The summed E-state index contributed by atoms with van der Waals surface area (Å²) < 4.78 is 14.3. The van der Waals surface area contributed by atoms with Gasteiger partial charge in [0.15, 0.2) is 0 Å². The lowest BCUT2D eigenvalue weighted by Gasteiger charge is -2.30. The Labute approximate surface area is 178 Å². The molecule has 1 aliphatic rings. The van der Waals surface area contributed by atoms with E-state index in [-0.39, 0.29) is 36.6 Å². The van der Waals surface area contributed by atoms with E-state index in [4.69, 9.17) is 0 Å². The van der Waals surface area contributed by atoms with Crippen molar-refractivity contribution < 1.29 is 14.0 Å². The van der Waals surface area contributed by atoms with Crippen LogP contribution in [0.5, 0.6) is 0 Å². The van der Waals surface area contributed by atoms with Gasteiger partial charge in [0.05, 0.1) is 6.42 Å². The van der Waals surface area contributed by atoms with E-state index in [0.29, 0.717) is 5.56 Å². The molecule has 4 nitrogen and oxygen atoms in total. The van der Waals surface area contributed by atoms with Gasteiger partial charge in [-0.1, -0.05) is 54.8 Å². The van der Waals surface area contributed by atoms with E-state index < -0.39 is 6.04 Å². The molecule has 0 spiro atoms. The monoisotopic (exact) mass is 410 g/mol. The Morgan fingerprint density at radius 3 is 2.50 bits per heavy atom. The molecule has 3 rings (SSSR count). The van der Waals surface area contributed by atoms with Gasteiger partial charge in [0, 0.05) is 18.2 Å². The Morgan fingerprint density at radius 1 is 1.10 bits per heavy atom. The largest absolute Gasteiger partial charge is 0.352 e. The van der Waals surface area contributed by atoms with Gasteiger partial charge in [0.1, 0.15) is 11.9 Å². The molecule has 160 valence electrons. The molecule has 0 aliphatic heterocycles. The van der Waals surface area contributed by atoms with Crippen molar-refractivity contribution in [2.45, 2.75) is 71.5 Å². The predicted octanol–water partition coefficient (Wildman–Crippen LogP) is 4.46. The zero-order valence-electron chi connectivity index (χ0n) is 18.1. The van der Waals surface area contributed by atoms with Gasteiger partial charge < -0.3 is 10.2 Å². The highest BCUT2D eigenvalue weighted by Gasteiger charge is 2.29. The molecule has 1 fully saturated rings. The average Bonchev–Trinajstić information content (AvgIpc) is 3.22. The van der Waals surface area contributed by atoms with Gasteiger partial charge >= 0.3 is 0 Å². The third-order valence-corrected chi connectivity index (χ3v) is 6.01. The molecule has 30 heavy (non-hydrogen) atoms. The molecule has 2 amide bonds. The van der Waals surface area contributed by atoms with Crippen LogP contribution in [0.1, 0.15) is 54.9 Å². The fraction of sp³-hybridized carbons (Fsp3) is 0.440. The van der Waals surface area contributed by atoms with E-state index in [1.54, 1.807) is 25.1 Å². The van der Waals surface area contributed by atoms with E-state index in [0.717, 1.165) is 42.4 Å². The fourth-order valence-corrected chi connectivity index (χ4v) is 4.04. The van der Waals surface area contributed by atoms with Crippen LogP contribution in [0, 0.1) is 19.7 Å². The smallest absolute Gasteiger partial charge is 0.242 e. The van der Waals surface area contributed by atoms with Gasteiger partial charge in [-0.05, 0) is 50.8 Å². The Balaban J connectivity index is 1.82. The third-order valence-electron chi connectivity index (χ3n) is 6.01. The summed E-state index contributed by atoms with van der Waals surface area (Å²) in [5.74, 6) is -0.723. The Kier molecular flexibility index (Phi) is 7.24. The summed E-state index contributed by atoms with van der Waals surface area (Å²) in [4.78, 5) is 27.7. The van der Waals surface area contributed by atoms with Crippen LogP contribution in [0.25, 0.3) is 0 Å². The molecule has 0 bridgehead atoms. The summed E-state index contributed by atoms with van der Waals surface area (Å²) in [6.45, 7) is 5.75. The average molecular weight is 411 g/mol. The Hall–Kier alpha value is -2.69. The number of carbonyl (C=O) groups is 2. The number of amides is 2. The van der Waals surface area contributed by atoms with Crippen molar-refractivity contribution in [2.24, 2.45) is 0 Å². The van der Waals surface area contributed by atoms with Crippen molar-refractivity contribution in [2.75, 3.05) is 0 Å². The lowest BCUT2D eigenvalue weighted by atomic mass is 10.0. The summed E-state index contributed by atoms with van der Waals surface area (Å²) in [5, 5.41) is 3.07. The van der Waals surface area contributed by atoms with Crippen molar-refractivity contribution in [1.82, 2.24) is 10.2 Å². The first-order valence-electron chi connectivity index (χ1n) is 10.7. The molecule has 1 saturated carbocycles. The number of rotatable bonds is 7. The minimum Gasteiger partial charge on any atom is -0.352 e. The lowest BCUT2D eigenvalue weighted by molar-refractivity contribution is -0.140. The maximum atomic E-state index is 14.3. The molecule has 5 heteroatoms. The van der Waals surface area contributed by atoms with Crippen molar-refractivity contribution in [1.29, 1.82) is 0 Å². The number of nitrogens with one attached hydrogen (secondary N) is 1. The number of aryl methyl sites for hydroxylation is 2. The standard InChI is InChI=1S/C25H31FN2O2/c1-17-12-13-18(2)21(14-17)15-24(29)28(16-20-8-4-7-11-23(20)26)19(3)25(30)27-22-9-5-6-10-22/h4,7-8,11-14,19,22H,5-6,9-10,15-16H2,1-3H3,(H,27,30)/t19-/m0/s1. The van der Waals surface area contributed by atoms with E-state index in [2.05, 4.69) is 5.32 Å². The Morgan fingerprint density at radius 2 is 1.80 bits per heavy atom. The number of nitrogens with zero attached hydrogens (tertiary/aromatic N) is 1. The molecule has 0 heterocycles. The molecule has 1 atom stereocenters. The quantitative estimate of drug-likeness (QED) is 0.733. The second-order valence-electron chi connectivity index (χ2n) is 8.39. The zero-order valence-corrected chi connectivity index (χ0v) is 18.1. The van der Waals surface area contributed by atoms with E-state index in [9.17, 15) is 14.0 Å². The van der Waals surface area contributed by atoms with E-state index in [1.807, 2.05) is 32.0 Å². The topological polar surface area (TPSA) is 49.4 Å². The molecule has 0 aromatic heterocycles. The molecule has 1 aliphatic carbocycles. The number of benzene rings is 2. The SMILES string of the molecule is Cc1ccc(C)c(CC(=O)N(Cc2ccccc2F)[C@@H](C)C(=O)NC2CCCC2)c1. The number of hydrogen-bond donors (Lipinski definition) is 1. The van der Waals surface area contributed by atoms with Gasteiger partial charge in [-0.25, -0.2) is 4.39 Å². The van der Waals surface area contributed by atoms with Crippen molar-refractivity contribution in [3.63, 3.8) is 0 Å². The van der Waals surface area contributed by atoms with Crippen molar-refractivity contribution in [3.05, 3.63) is 70.5 Å². The first-order chi connectivity index (χ1) is 14.3. The van der Waals surface area contributed by atoms with Crippen LogP contribution in [0.15, 0.2) is 42.5 Å². The van der Waals surface area contributed by atoms with Crippen LogP contribution in [0.3, 0.4) is 0 Å². The van der Waals surface area contributed by atoms with Gasteiger partial charge in [-0.15, -0.1) is 0 Å². The second-order valence-corrected chi connectivity index (χ2v) is 8.39. The lowest BCUT2D eigenvalue weighted by Crippen LogP contribution is -2.50. The number of hydrogen-bond acceptors (Lipinski definition) is 2. The summed E-state index contributed by atoms with van der Waals surface area (Å²) in [5.41, 5.74) is 3.45. The van der Waals surface area contributed by atoms with Crippen LogP contribution >= 0.6 is 0 Å². The zero-order chi connectivity index (χ0) is 21.7. The van der Waals surface area contributed by atoms with E-state index in [1.165, 1.54) is 11.0 Å². The predicted molar refractivity (Wildman–Crippen MR) is 116 cm³/mol. The first-order valence-corrected chi connectivity index (χ1v) is 10.7. The van der Waals surface area contributed by atoms with Gasteiger partial charge in [0.2, 0.25) is 11.8 Å². The van der Waals surface area contributed by atoms with Crippen LogP contribution in [-0.2, 0) is 22.6 Å². The van der Waals surface area contributed by atoms with E-state index >= 15 is 0 Å². The van der Waals surface area contributed by atoms with Crippen LogP contribution < -0.4 is 5.32 Å². The van der Waals surface area contributed by atoms with Gasteiger partial charge in [-0.2, -0.15) is 0 Å².